The van der Waals surface area contributed by atoms with Crippen LogP contribution in [0.2, 0.25) is 0 Å². The molecule has 0 spiro atoms. The SMILES string of the molecule is CS(=O)(=O)N(CC(=O)OCc1ccccc1)CC1C(=O)C2CCN1CC2. The van der Waals surface area contributed by atoms with E-state index in [1.165, 1.54) is 0 Å². The van der Waals surface area contributed by atoms with Crippen LogP contribution in [0.25, 0.3) is 0 Å². The summed E-state index contributed by atoms with van der Waals surface area (Å²) in [5, 5.41) is 0. The Morgan fingerprint density at radius 1 is 1.23 bits per heavy atom. The summed E-state index contributed by atoms with van der Waals surface area (Å²) in [5.74, 6) is -0.507. The Morgan fingerprint density at radius 3 is 2.46 bits per heavy atom. The predicted octanol–water partition coefficient (Wildman–Crippen LogP) is 0.655. The molecule has 0 N–H and O–H groups in total. The Bertz CT molecular complexity index is 757. The number of fused-ring (bicyclic) bond motifs is 3. The standard InChI is InChI=1S/C18H24N2O5S/c1-26(23,24)20(11-16-18(22)15-7-9-19(16)10-8-15)12-17(21)25-13-14-5-3-2-4-6-14/h2-6,15-16H,7-13H2,1H3. The molecule has 3 saturated heterocycles. The minimum atomic E-state index is -3.63. The first-order valence-electron chi connectivity index (χ1n) is 8.77. The lowest BCUT2D eigenvalue weighted by atomic mass is 9.82. The monoisotopic (exact) mass is 380 g/mol. The number of ketones is 1. The number of carbonyl (C=O) groups excluding carboxylic acids is 2. The zero-order valence-electron chi connectivity index (χ0n) is 14.8. The van der Waals surface area contributed by atoms with Crippen LogP contribution in [0.1, 0.15) is 18.4 Å². The van der Waals surface area contributed by atoms with Crippen molar-refractivity contribution in [2.24, 2.45) is 5.92 Å². The van der Waals surface area contributed by atoms with Crippen LogP contribution in [0, 0.1) is 5.92 Å². The summed E-state index contributed by atoms with van der Waals surface area (Å²) in [4.78, 5) is 26.6. The summed E-state index contributed by atoms with van der Waals surface area (Å²) in [6.07, 6.45) is 2.74. The number of carbonyl (C=O) groups is 2. The molecule has 3 aliphatic rings. The van der Waals surface area contributed by atoms with Gasteiger partial charge < -0.3 is 4.74 Å². The molecule has 1 aromatic carbocycles. The Labute approximate surface area is 154 Å². The molecule has 0 saturated carbocycles. The fraction of sp³-hybridized carbons (Fsp3) is 0.556. The quantitative estimate of drug-likeness (QED) is 0.646. The molecule has 1 aromatic rings. The van der Waals surface area contributed by atoms with Gasteiger partial charge in [0.2, 0.25) is 10.0 Å². The van der Waals surface area contributed by atoms with Crippen molar-refractivity contribution < 1.29 is 22.7 Å². The molecule has 3 fully saturated rings. The van der Waals surface area contributed by atoms with Gasteiger partial charge in [0.15, 0.2) is 5.78 Å². The maximum Gasteiger partial charge on any atom is 0.321 e. The molecular weight excluding hydrogens is 356 g/mol. The molecule has 7 nitrogen and oxygen atoms in total. The van der Waals surface area contributed by atoms with Gasteiger partial charge in [-0.25, -0.2) is 8.42 Å². The second-order valence-corrected chi connectivity index (χ2v) is 8.91. The third-order valence-corrected chi connectivity index (χ3v) is 6.31. The molecular formula is C18H24N2O5S. The van der Waals surface area contributed by atoms with Crippen LogP contribution in [0.4, 0.5) is 0 Å². The molecule has 0 radical (unpaired) electrons. The van der Waals surface area contributed by atoms with Gasteiger partial charge in [-0.05, 0) is 31.5 Å². The van der Waals surface area contributed by atoms with Gasteiger partial charge in [0.1, 0.15) is 13.2 Å². The van der Waals surface area contributed by atoms with E-state index >= 15 is 0 Å². The van der Waals surface area contributed by atoms with Crippen molar-refractivity contribution in [3.05, 3.63) is 35.9 Å². The number of hydrogen-bond donors (Lipinski definition) is 0. The van der Waals surface area contributed by atoms with Gasteiger partial charge in [0, 0.05) is 12.5 Å². The van der Waals surface area contributed by atoms with E-state index < -0.39 is 22.0 Å². The molecule has 3 aliphatic heterocycles. The molecule has 1 atom stereocenters. The van der Waals surface area contributed by atoms with Gasteiger partial charge in [-0.2, -0.15) is 4.31 Å². The summed E-state index contributed by atoms with van der Waals surface area (Å²) < 4.78 is 30.5. The van der Waals surface area contributed by atoms with Crippen molar-refractivity contribution in [2.45, 2.75) is 25.5 Å². The van der Waals surface area contributed by atoms with Gasteiger partial charge in [0.25, 0.3) is 0 Å². The van der Waals surface area contributed by atoms with E-state index in [1.807, 2.05) is 35.2 Å². The van der Waals surface area contributed by atoms with E-state index in [-0.39, 0.29) is 31.4 Å². The van der Waals surface area contributed by atoms with Crippen LogP contribution in [0.15, 0.2) is 30.3 Å². The van der Waals surface area contributed by atoms with Gasteiger partial charge in [0.05, 0.1) is 12.3 Å². The minimum Gasteiger partial charge on any atom is -0.460 e. The van der Waals surface area contributed by atoms with Gasteiger partial charge in [-0.15, -0.1) is 0 Å². The average molecular weight is 380 g/mol. The lowest BCUT2D eigenvalue weighted by Gasteiger charge is -2.45. The number of ether oxygens (including phenoxy) is 1. The minimum absolute atomic E-state index is 0.00854. The number of hydrogen-bond acceptors (Lipinski definition) is 6. The Morgan fingerprint density at radius 2 is 1.88 bits per heavy atom. The van der Waals surface area contributed by atoms with E-state index in [9.17, 15) is 18.0 Å². The van der Waals surface area contributed by atoms with E-state index in [0.29, 0.717) is 0 Å². The summed E-state index contributed by atoms with van der Waals surface area (Å²) in [6.45, 7) is 1.32. The van der Waals surface area contributed by atoms with Gasteiger partial charge in [-0.1, -0.05) is 30.3 Å². The number of esters is 1. The molecule has 2 bridgehead atoms. The number of benzene rings is 1. The normalized spacial score (nSPS) is 25.5. The molecule has 4 rings (SSSR count). The number of Topliss-reactive ketones (excluding diaryl/α,β-unsaturated/α-hetero) is 1. The van der Waals surface area contributed by atoms with Gasteiger partial charge in [-0.3, -0.25) is 14.5 Å². The van der Waals surface area contributed by atoms with Crippen LogP contribution in [-0.2, 0) is 31.0 Å². The largest absolute Gasteiger partial charge is 0.460 e. The Balaban J connectivity index is 1.61. The van der Waals surface area contributed by atoms with Gasteiger partial charge >= 0.3 is 5.97 Å². The average Bonchev–Trinajstić information content (AvgIpc) is 2.62. The number of piperidine rings is 3. The highest BCUT2D eigenvalue weighted by atomic mass is 32.2. The first-order chi connectivity index (χ1) is 12.3. The number of sulfonamides is 1. The summed E-state index contributed by atoms with van der Waals surface area (Å²) in [7, 11) is -3.63. The first kappa shape index (κ1) is 19.0. The zero-order valence-corrected chi connectivity index (χ0v) is 15.7. The summed E-state index contributed by atoms with van der Waals surface area (Å²) >= 11 is 0. The fourth-order valence-corrected chi connectivity index (χ4v) is 4.34. The number of rotatable bonds is 7. The third-order valence-electron chi connectivity index (χ3n) is 5.09. The van der Waals surface area contributed by atoms with Crippen LogP contribution >= 0.6 is 0 Å². The van der Waals surface area contributed by atoms with Crippen molar-refractivity contribution in [1.82, 2.24) is 9.21 Å². The second-order valence-electron chi connectivity index (χ2n) is 6.93. The maximum absolute atomic E-state index is 12.5. The van der Waals surface area contributed by atoms with Crippen molar-refractivity contribution >= 4 is 21.8 Å². The fourth-order valence-electron chi connectivity index (χ4n) is 3.59. The van der Waals surface area contributed by atoms with Crippen LogP contribution in [0.5, 0.6) is 0 Å². The summed E-state index contributed by atoms with van der Waals surface area (Å²) in [6, 6.07) is 8.73. The molecule has 8 heteroatoms. The topological polar surface area (TPSA) is 84.0 Å². The van der Waals surface area contributed by atoms with Crippen molar-refractivity contribution in [3.8, 4) is 0 Å². The van der Waals surface area contributed by atoms with E-state index in [2.05, 4.69) is 0 Å². The molecule has 0 amide bonds. The molecule has 0 aromatic heterocycles. The maximum atomic E-state index is 12.5. The second kappa shape index (κ2) is 7.85. The Hall–Kier alpha value is -1.77. The Kier molecular flexibility index (Phi) is 5.74. The lowest BCUT2D eigenvalue weighted by molar-refractivity contribution is -0.146. The lowest BCUT2D eigenvalue weighted by Crippen LogP contribution is -2.60. The van der Waals surface area contributed by atoms with E-state index in [0.717, 1.165) is 42.1 Å². The smallest absolute Gasteiger partial charge is 0.321 e. The van der Waals surface area contributed by atoms with Crippen molar-refractivity contribution in [3.63, 3.8) is 0 Å². The third kappa shape index (κ3) is 4.49. The highest BCUT2D eigenvalue weighted by molar-refractivity contribution is 7.88. The van der Waals surface area contributed by atoms with Crippen LogP contribution in [-0.4, -0.2) is 67.9 Å². The van der Waals surface area contributed by atoms with Crippen LogP contribution < -0.4 is 0 Å². The van der Waals surface area contributed by atoms with E-state index in [1.54, 1.807) is 0 Å². The highest BCUT2D eigenvalue weighted by Gasteiger charge is 2.42. The van der Waals surface area contributed by atoms with E-state index in [4.69, 9.17) is 4.74 Å². The van der Waals surface area contributed by atoms with Crippen molar-refractivity contribution in [1.29, 1.82) is 0 Å². The van der Waals surface area contributed by atoms with Crippen LogP contribution in [0.3, 0.4) is 0 Å². The first-order valence-corrected chi connectivity index (χ1v) is 10.6. The number of nitrogens with zero attached hydrogens (tertiary/aromatic N) is 2. The predicted molar refractivity (Wildman–Crippen MR) is 95.7 cm³/mol. The zero-order chi connectivity index (χ0) is 18.7. The summed E-state index contributed by atoms with van der Waals surface area (Å²) in [5.41, 5.74) is 0.831. The molecule has 142 valence electrons. The molecule has 0 aliphatic carbocycles. The van der Waals surface area contributed by atoms with Crippen molar-refractivity contribution in [2.75, 3.05) is 32.4 Å². The molecule has 1 unspecified atom stereocenters. The molecule has 26 heavy (non-hydrogen) atoms. The highest BCUT2D eigenvalue weighted by Crippen LogP contribution is 2.29. The molecule has 3 heterocycles.